The summed E-state index contributed by atoms with van der Waals surface area (Å²) < 4.78 is 5.56. The Bertz CT molecular complexity index is 429. The zero-order valence-electron chi connectivity index (χ0n) is 9.40. The number of ether oxygens (including phenoxy) is 1. The normalized spacial score (nSPS) is 10.0. The minimum absolute atomic E-state index is 0.0111. The van der Waals surface area contributed by atoms with Crippen molar-refractivity contribution in [1.29, 1.82) is 0 Å². The molecule has 0 saturated heterocycles. The number of carbonyl (C=O) groups is 2. The van der Waals surface area contributed by atoms with E-state index in [0.29, 0.717) is 28.6 Å². The number of aliphatic carboxylic acids is 1. The molecule has 1 aromatic rings. The number of carbonyl (C=O) groups excluding carboxylic acids is 1. The fourth-order valence-corrected chi connectivity index (χ4v) is 2.02. The van der Waals surface area contributed by atoms with E-state index in [-0.39, 0.29) is 6.42 Å². The first-order valence-electron chi connectivity index (χ1n) is 5.22. The van der Waals surface area contributed by atoms with Crippen molar-refractivity contribution in [2.45, 2.75) is 19.8 Å². The molecule has 92 valence electrons. The van der Waals surface area contributed by atoms with Gasteiger partial charge in [-0.05, 0) is 40.9 Å². The monoisotopic (exact) mass is 300 g/mol. The van der Waals surface area contributed by atoms with Gasteiger partial charge in [-0.1, -0.05) is 12.1 Å². The van der Waals surface area contributed by atoms with Gasteiger partial charge < -0.3 is 9.84 Å². The second kappa shape index (κ2) is 6.39. The van der Waals surface area contributed by atoms with E-state index in [1.54, 1.807) is 25.1 Å². The summed E-state index contributed by atoms with van der Waals surface area (Å²) >= 11 is 3.28. The Hall–Kier alpha value is -1.36. The standard InChI is InChI=1S/C12H13BrO4/c1-2-17-12(16)11-8(6-7-10(14)15)4-3-5-9(11)13/h3-5H,2,6-7H2,1H3,(H,14,15). The van der Waals surface area contributed by atoms with Crippen molar-refractivity contribution in [2.24, 2.45) is 0 Å². The Balaban J connectivity index is 2.99. The van der Waals surface area contributed by atoms with E-state index >= 15 is 0 Å². The highest BCUT2D eigenvalue weighted by Crippen LogP contribution is 2.22. The van der Waals surface area contributed by atoms with Crippen molar-refractivity contribution >= 4 is 27.9 Å². The van der Waals surface area contributed by atoms with Crippen LogP contribution in [0.4, 0.5) is 0 Å². The Labute approximate surface area is 108 Å². The number of aryl methyl sites for hydroxylation is 1. The highest BCUT2D eigenvalue weighted by atomic mass is 79.9. The van der Waals surface area contributed by atoms with E-state index in [1.165, 1.54) is 0 Å². The Kier molecular flexibility index (Phi) is 5.15. The lowest BCUT2D eigenvalue weighted by molar-refractivity contribution is -0.136. The molecule has 1 rings (SSSR count). The molecule has 0 bridgehead atoms. The van der Waals surface area contributed by atoms with E-state index < -0.39 is 11.9 Å². The van der Waals surface area contributed by atoms with Crippen LogP contribution in [0.25, 0.3) is 0 Å². The van der Waals surface area contributed by atoms with Crippen LogP contribution < -0.4 is 0 Å². The SMILES string of the molecule is CCOC(=O)c1c(Br)cccc1CCC(=O)O. The fourth-order valence-electron chi connectivity index (χ4n) is 1.45. The van der Waals surface area contributed by atoms with E-state index in [0.717, 1.165) is 0 Å². The lowest BCUT2D eigenvalue weighted by atomic mass is 10.0. The van der Waals surface area contributed by atoms with E-state index in [4.69, 9.17) is 9.84 Å². The molecule has 0 aliphatic carbocycles. The lowest BCUT2D eigenvalue weighted by Gasteiger charge is -2.09. The van der Waals surface area contributed by atoms with Crippen LogP contribution in [0.2, 0.25) is 0 Å². The zero-order chi connectivity index (χ0) is 12.8. The number of esters is 1. The van der Waals surface area contributed by atoms with Gasteiger partial charge in [-0.25, -0.2) is 4.79 Å². The van der Waals surface area contributed by atoms with Gasteiger partial charge >= 0.3 is 11.9 Å². The summed E-state index contributed by atoms with van der Waals surface area (Å²) in [5.74, 6) is -1.32. The summed E-state index contributed by atoms with van der Waals surface area (Å²) in [6, 6.07) is 5.24. The molecule has 1 aromatic carbocycles. The molecule has 0 aliphatic heterocycles. The van der Waals surface area contributed by atoms with Crippen molar-refractivity contribution in [3.63, 3.8) is 0 Å². The first-order valence-corrected chi connectivity index (χ1v) is 6.01. The van der Waals surface area contributed by atoms with Gasteiger partial charge in [0.1, 0.15) is 0 Å². The van der Waals surface area contributed by atoms with Gasteiger partial charge in [0.05, 0.1) is 12.2 Å². The molecular weight excluding hydrogens is 288 g/mol. The number of halogens is 1. The van der Waals surface area contributed by atoms with Gasteiger partial charge in [0.15, 0.2) is 0 Å². The topological polar surface area (TPSA) is 63.6 Å². The van der Waals surface area contributed by atoms with Gasteiger partial charge in [-0.3, -0.25) is 4.79 Å². The summed E-state index contributed by atoms with van der Waals surface area (Å²) in [4.78, 5) is 22.3. The maximum absolute atomic E-state index is 11.7. The van der Waals surface area contributed by atoms with Crippen LogP contribution in [0.5, 0.6) is 0 Å². The first-order chi connectivity index (χ1) is 8.06. The minimum Gasteiger partial charge on any atom is -0.481 e. The molecule has 0 aromatic heterocycles. The maximum atomic E-state index is 11.7. The fraction of sp³-hybridized carbons (Fsp3) is 0.333. The van der Waals surface area contributed by atoms with Crippen LogP contribution in [-0.2, 0) is 16.0 Å². The lowest BCUT2D eigenvalue weighted by Crippen LogP contribution is -2.10. The van der Waals surface area contributed by atoms with Crippen molar-refractivity contribution in [1.82, 2.24) is 0 Å². The van der Waals surface area contributed by atoms with Gasteiger partial charge in [-0.15, -0.1) is 0 Å². The highest BCUT2D eigenvalue weighted by molar-refractivity contribution is 9.10. The molecule has 0 fully saturated rings. The minimum atomic E-state index is -0.889. The highest BCUT2D eigenvalue weighted by Gasteiger charge is 2.16. The summed E-state index contributed by atoms with van der Waals surface area (Å²) in [5.41, 5.74) is 1.09. The smallest absolute Gasteiger partial charge is 0.339 e. The average Bonchev–Trinajstić information content (AvgIpc) is 2.26. The zero-order valence-corrected chi connectivity index (χ0v) is 11.0. The van der Waals surface area contributed by atoms with Gasteiger partial charge in [-0.2, -0.15) is 0 Å². The number of carboxylic acids is 1. The summed E-state index contributed by atoms with van der Waals surface area (Å²) in [5, 5.41) is 8.65. The van der Waals surface area contributed by atoms with Crippen LogP contribution in [0, 0.1) is 0 Å². The first kappa shape index (κ1) is 13.7. The number of hydrogen-bond acceptors (Lipinski definition) is 3. The molecule has 4 nitrogen and oxygen atoms in total. The third-order valence-corrected chi connectivity index (χ3v) is 2.85. The third kappa shape index (κ3) is 3.85. The molecule has 0 saturated carbocycles. The Morgan fingerprint density at radius 2 is 2.12 bits per heavy atom. The summed E-state index contributed by atoms with van der Waals surface area (Å²) in [6.45, 7) is 2.02. The molecule has 1 N–H and O–H groups in total. The van der Waals surface area contributed by atoms with Crippen molar-refractivity contribution in [3.8, 4) is 0 Å². The molecular formula is C12H13BrO4. The Morgan fingerprint density at radius 3 is 2.71 bits per heavy atom. The predicted octanol–water partition coefficient (Wildman–Crippen LogP) is 2.64. The van der Waals surface area contributed by atoms with Gasteiger partial charge in [0, 0.05) is 10.9 Å². The number of benzene rings is 1. The van der Waals surface area contributed by atoms with E-state index in [9.17, 15) is 9.59 Å². The Morgan fingerprint density at radius 1 is 1.41 bits per heavy atom. The molecule has 0 atom stereocenters. The second-order valence-electron chi connectivity index (χ2n) is 3.39. The third-order valence-electron chi connectivity index (χ3n) is 2.19. The van der Waals surface area contributed by atoms with Crippen molar-refractivity contribution in [3.05, 3.63) is 33.8 Å². The molecule has 0 radical (unpaired) electrons. The molecule has 0 spiro atoms. The number of hydrogen-bond donors (Lipinski definition) is 1. The summed E-state index contributed by atoms with van der Waals surface area (Å²) in [7, 11) is 0. The molecule has 5 heteroatoms. The van der Waals surface area contributed by atoms with Crippen molar-refractivity contribution in [2.75, 3.05) is 6.61 Å². The molecule has 17 heavy (non-hydrogen) atoms. The van der Waals surface area contributed by atoms with Crippen LogP contribution in [0.3, 0.4) is 0 Å². The predicted molar refractivity (Wildman–Crippen MR) is 66.1 cm³/mol. The second-order valence-corrected chi connectivity index (χ2v) is 4.24. The van der Waals surface area contributed by atoms with Crippen LogP contribution in [0.15, 0.2) is 22.7 Å². The van der Waals surface area contributed by atoms with Crippen LogP contribution >= 0.6 is 15.9 Å². The van der Waals surface area contributed by atoms with Crippen molar-refractivity contribution < 1.29 is 19.4 Å². The van der Waals surface area contributed by atoms with Crippen LogP contribution in [0.1, 0.15) is 29.3 Å². The average molecular weight is 301 g/mol. The number of carboxylic acid groups (broad SMARTS) is 1. The molecule has 0 unspecified atom stereocenters. The largest absolute Gasteiger partial charge is 0.481 e. The van der Waals surface area contributed by atoms with Crippen LogP contribution in [-0.4, -0.2) is 23.7 Å². The van der Waals surface area contributed by atoms with E-state index in [1.807, 2.05) is 0 Å². The van der Waals surface area contributed by atoms with E-state index in [2.05, 4.69) is 15.9 Å². The van der Waals surface area contributed by atoms with Gasteiger partial charge in [0.2, 0.25) is 0 Å². The molecule has 0 heterocycles. The quantitative estimate of drug-likeness (QED) is 0.849. The molecule has 0 amide bonds. The molecule has 0 aliphatic rings. The summed E-state index contributed by atoms with van der Waals surface area (Å²) in [6.07, 6.45) is 0.297. The van der Waals surface area contributed by atoms with Gasteiger partial charge in [0.25, 0.3) is 0 Å². The number of rotatable bonds is 5. The maximum Gasteiger partial charge on any atom is 0.339 e.